The second-order valence-corrected chi connectivity index (χ2v) is 4.38. The van der Waals surface area contributed by atoms with Crippen molar-refractivity contribution in [1.82, 2.24) is 0 Å². The van der Waals surface area contributed by atoms with Crippen molar-refractivity contribution in [1.29, 1.82) is 0 Å². The Morgan fingerprint density at radius 2 is 1.55 bits per heavy atom. The van der Waals surface area contributed by atoms with Crippen LogP contribution in [-0.4, -0.2) is 11.7 Å². The van der Waals surface area contributed by atoms with Crippen LogP contribution >= 0.6 is 0 Å². The zero-order chi connectivity index (χ0) is 14.6. The molecule has 0 aliphatic carbocycles. The zero-order valence-corrected chi connectivity index (χ0v) is 10.6. The molecule has 0 saturated carbocycles. The van der Waals surface area contributed by atoms with Crippen molar-refractivity contribution in [2.24, 2.45) is 0 Å². The quantitative estimate of drug-likeness (QED) is 0.892. The van der Waals surface area contributed by atoms with E-state index in [1.807, 2.05) is 30.3 Å². The van der Waals surface area contributed by atoms with Crippen molar-refractivity contribution < 1.29 is 18.3 Å². The second kappa shape index (κ2) is 5.96. The van der Waals surface area contributed by atoms with E-state index in [0.717, 1.165) is 17.8 Å². The Hall–Kier alpha value is -2.01. The first-order valence-electron chi connectivity index (χ1n) is 6.11. The molecule has 2 aromatic rings. The lowest BCUT2D eigenvalue weighted by Crippen LogP contribution is -2.12. The number of rotatable bonds is 4. The van der Waals surface area contributed by atoms with Crippen molar-refractivity contribution >= 4 is 5.69 Å². The molecule has 0 spiro atoms. The van der Waals surface area contributed by atoms with E-state index in [1.165, 1.54) is 12.1 Å². The number of para-hydroxylation sites is 1. The maximum absolute atomic E-state index is 12.4. The van der Waals surface area contributed by atoms with Crippen LogP contribution in [0.2, 0.25) is 0 Å². The second-order valence-electron chi connectivity index (χ2n) is 4.38. The number of halogens is 3. The number of aliphatic hydroxyl groups excluding tert-OH is 1. The van der Waals surface area contributed by atoms with E-state index >= 15 is 0 Å². The van der Waals surface area contributed by atoms with Crippen LogP contribution in [0, 0.1) is 0 Å². The molecular formula is C15H14F3NO. The predicted octanol–water partition coefficient (Wildman–Crippen LogP) is 3.85. The maximum Gasteiger partial charge on any atom is 0.416 e. The van der Waals surface area contributed by atoms with Crippen molar-refractivity contribution in [3.05, 3.63) is 65.7 Å². The molecule has 0 aromatic heterocycles. The molecule has 2 nitrogen and oxygen atoms in total. The van der Waals surface area contributed by atoms with Gasteiger partial charge in [-0.25, -0.2) is 0 Å². The average Bonchev–Trinajstić information content (AvgIpc) is 2.45. The Morgan fingerprint density at radius 3 is 2.10 bits per heavy atom. The van der Waals surface area contributed by atoms with Crippen LogP contribution in [0.3, 0.4) is 0 Å². The zero-order valence-electron chi connectivity index (χ0n) is 10.6. The summed E-state index contributed by atoms with van der Waals surface area (Å²) in [6, 6.07) is 13.8. The highest BCUT2D eigenvalue weighted by atomic mass is 19.4. The minimum Gasteiger partial charge on any atom is -0.387 e. The lowest BCUT2D eigenvalue weighted by atomic mass is 10.1. The Labute approximate surface area is 114 Å². The van der Waals surface area contributed by atoms with Gasteiger partial charge in [-0.2, -0.15) is 13.2 Å². The van der Waals surface area contributed by atoms with Gasteiger partial charge in [-0.15, -0.1) is 0 Å². The Bertz CT molecular complexity index is 537. The van der Waals surface area contributed by atoms with Gasteiger partial charge in [0, 0.05) is 12.2 Å². The first kappa shape index (κ1) is 14.4. The van der Waals surface area contributed by atoms with E-state index < -0.39 is 17.8 Å². The van der Waals surface area contributed by atoms with Crippen LogP contribution < -0.4 is 5.32 Å². The number of hydrogen-bond acceptors (Lipinski definition) is 2. The van der Waals surface area contributed by atoms with Gasteiger partial charge < -0.3 is 10.4 Å². The number of alkyl halides is 3. The van der Waals surface area contributed by atoms with Crippen molar-refractivity contribution in [3.8, 4) is 0 Å². The fourth-order valence-corrected chi connectivity index (χ4v) is 1.78. The van der Waals surface area contributed by atoms with Gasteiger partial charge in [-0.05, 0) is 29.8 Å². The molecule has 0 aliphatic heterocycles. The molecule has 5 heteroatoms. The number of hydrogen-bond donors (Lipinski definition) is 2. The molecule has 2 N–H and O–H groups in total. The molecule has 106 valence electrons. The smallest absolute Gasteiger partial charge is 0.387 e. The van der Waals surface area contributed by atoms with Gasteiger partial charge in [0.05, 0.1) is 11.7 Å². The topological polar surface area (TPSA) is 32.3 Å². The molecule has 2 aromatic carbocycles. The van der Waals surface area contributed by atoms with Gasteiger partial charge >= 0.3 is 6.18 Å². The normalized spacial score (nSPS) is 13.0. The van der Waals surface area contributed by atoms with E-state index in [4.69, 9.17) is 0 Å². The first-order valence-corrected chi connectivity index (χ1v) is 6.11. The van der Waals surface area contributed by atoms with E-state index in [-0.39, 0.29) is 6.54 Å². The molecular weight excluding hydrogens is 267 g/mol. The van der Waals surface area contributed by atoms with Gasteiger partial charge in [0.25, 0.3) is 0 Å². The van der Waals surface area contributed by atoms with Gasteiger partial charge in [-0.1, -0.05) is 30.3 Å². The third-order valence-electron chi connectivity index (χ3n) is 2.90. The van der Waals surface area contributed by atoms with Gasteiger partial charge in [0.15, 0.2) is 0 Å². The third-order valence-corrected chi connectivity index (χ3v) is 2.90. The van der Waals surface area contributed by atoms with Gasteiger partial charge in [-0.3, -0.25) is 0 Å². The van der Waals surface area contributed by atoms with Crippen LogP contribution in [0.15, 0.2) is 54.6 Å². The molecule has 0 bridgehead atoms. The maximum atomic E-state index is 12.4. The Kier molecular flexibility index (Phi) is 4.29. The third kappa shape index (κ3) is 3.74. The van der Waals surface area contributed by atoms with Crippen LogP contribution in [0.1, 0.15) is 17.2 Å². The van der Waals surface area contributed by atoms with Crippen LogP contribution in [0.25, 0.3) is 0 Å². The molecule has 2 rings (SSSR count). The monoisotopic (exact) mass is 281 g/mol. The fraction of sp³-hybridized carbons (Fsp3) is 0.200. The SMILES string of the molecule is OC(CNc1ccccc1)c1ccc(C(F)(F)F)cc1. The highest BCUT2D eigenvalue weighted by molar-refractivity contribution is 5.42. The molecule has 1 unspecified atom stereocenters. The van der Waals surface area contributed by atoms with E-state index in [9.17, 15) is 18.3 Å². The van der Waals surface area contributed by atoms with E-state index in [1.54, 1.807) is 0 Å². The standard InChI is InChI=1S/C15H14F3NO/c16-15(17,18)12-8-6-11(7-9-12)14(20)10-19-13-4-2-1-3-5-13/h1-9,14,19-20H,10H2. The van der Waals surface area contributed by atoms with Crippen LogP contribution in [0.4, 0.5) is 18.9 Å². The summed E-state index contributed by atoms with van der Waals surface area (Å²) >= 11 is 0. The van der Waals surface area contributed by atoms with E-state index in [0.29, 0.717) is 5.56 Å². The van der Waals surface area contributed by atoms with Crippen molar-refractivity contribution in [2.75, 3.05) is 11.9 Å². The number of benzene rings is 2. The lowest BCUT2D eigenvalue weighted by molar-refractivity contribution is -0.137. The summed E-state index contributed by atoms with van der Waals surface area (Å²) in [7, 11) is 0. The largest absolute Gasteiger partial charge is 0.416 e. The minimum atomic E-state index is -4.36. The summed E-state index contributed by atoms with van der Waals surface area (Å²) in [5.74, 6) is 0. The highest BCUT2D eigenvalue weighted by Gasteiger charge is 2.30. The highest BCUT2D eigenvalue weighted by Crippen LogP contribution is 2.29. The Balaban J connectivity index is 1.97. The molecule has 0 saturated heterocycles. The lowest BCUT2D eigenvalue weighted by Gasteiger charge is -2.14. The number of nitrogens with one attached hydrogen (secondary N) is 1. The summed E-state index contributed by atoms with van der Waals surface area (Å²) < 4.78 is 37.2. The molecule has 0 heterocycles. The van der Waals surface area contributed by atoms with Crippen LogP contribution in [-0.2, 0) is 6.18 Å². The molecule has 0 radical (unpaired) electrons. The summed E-state index contributed by atoms with van der Waals surface area (Å²) in [5, 5.41) is 12.9. The van der Waals surface area contributed by atoms with Crippen molar-refractivity contribution in [2.45, 2.75) is 12.3 Å². The van der Waals surface area contributed by atoms with Crippen molar-refractivity contribution in [3.63, 3.8) is 0 Å². The van der Waals surface area contributed by atoms with E-state index in [2.05, 4.69) is 5.32 Å². The first-order chi connectivity index (χ1) is 9.47. The fourth-order valence-electron chi connectivity index (χ4n) is 1.78. The number of aliphatic hydroxyl groups is 1. The summed E-state index contributed by atoms with van der Waals surface area (Å²) in [4.78, 5) is 0. The summed E-state index contributed by atoms with van der Waals surface area (Å²) in [6.45, 7) is 0.232. The van der Waals surface area contributed by atoms with Gasteiger partial charge in [0.2, 0.25) is 0 Å². The predicted molar refractivity (Wildman–Crippen MR) is 71.3 cm³/mol. The van der Waals surface area contributed by atoms with Gasteiger partial charge in [0.1, 0.15) is 0 Å². The van der Waals surface area contributed by atoms with Crippen LogP contribution in [0.5, 0.6) is 0 Å². The molecule has 0 aliphatic rings. The molecule has 0 amide bonds. The molecule has 20 heavy (non-hydrogen) atoms. The number of anilines is 1. The molecule has 1 atom stereocenters. The summed E-state index contributed by atoms with van der Waals surface area (Å²) in [5.41, 5.74) is 0.573. The summed E-state index contributed by atoms with van der Waals surface area (Å²) in [6.07, 6.45) is -5.22. The average molecular weight is 281 g/mol. The minimum absolute atomic E-state index is 0.232. The molecule has 0 fully saturated rings. The Morgan fingerprint density at radius 1 is 0.950 bits per heavy atom.